The Hall–Kier alpha value is -0.650. The molecule has 16 heavy (non-hydrogen) atoms. The molecule has 0 fully saturated rings. The maximum Gasteiger partial charge on any atom is 0.187 e. The third kappa shape index (κ3) is 2.53. The van der Waals surface area contributed by atoms with Gasteiger partial charge in [-0.15, -0.1) is 11.3 Å². The van der Waals surface area contributed by atoms with E-state index in [0.717, 1.165) is 24.1 Å². The third-order valence-corrected chi connectivity index (χ3v) is 3.97. The highest BCUT2D eigenvalue weighted by atomic mass is 35.5. The van der Waals surface area contributed by atoms with E-state index in [2.05, 4.69) is 45.0 Å². The third-order valence-electron chi connectivity index (χ3n) is 2.23. The minimum absolute atomic E-state index is 0.350. The summed E-state index contributed by atoms with van der Waals surface area (Å²) in [5, 5.41) is 2.57. The Kier molecular flexibility index (Phi) is 3.78. The van der Waals surface area contributed by atoms with Gasteiger partial charge in [0.25, 0.3) is 0 Å². The maximum atomic E-state index is 6.02. The molecule has 0 radical (unpaired) electrons. The largest absolute Gasteiger partial charge is 0.346 e. The van der Waals surface area contributed by atoms with Crippen LogP contribution >= 0.6 is 34.7 Å². The van der Waals surface area contributed by atoms with E-state index in [1.54, 1.807) is 11.3 Å². The van der Waals surface area contributed by atoms with E-state index in [1.165, 1.54) is 4.88 Å². The standard InChI is InChI=1S/C10H12ClN3S2/c1-7(2)14(6-8-4-3-5-15-8)10-9(11)12-16-13-10/h3-5,7H,6H2,1-2H3. The molecular formula is C10H12ClN3S2. The molecule has 0 N–H and O–H groups in total. The number of hydrogen-bond acceptors (Lipinski definition) is 5. The number of anilines is 1. The molecule has 2 aromatic heterocycles. The van der Waals surface area contributed by atoms with Crippen LogP contribution in [-0.2, 0) is 6.54 Å². The predicted molar refractivity (Wildman–Crippen MR) is 70.6 cm³/mol. The smallest absolute Gasteiger partial charge is 0.187 e. The number of aromatic nitrogens is 2. The molecular weight excluding hydrogens is 262 g/mol. The second-order valence-electron chi connectivity index (χ2n) is 3.68. The quantitative estimate of drug-likeness (QED) is 0.851. The monoisotopic (exact) mass is 273 g/mol. The van der Waals surface area contributed by atoms with Crippen LogP contribution in [0.1, 0.15) is 18.7 Å². The minimum Gasteiger partial charge on any atom is -0.346 e. The van der Waals surface area contributed by atoms with Crippen LogP contribution in [0.2, 0.25) is 5.15 Å². The van der Waals surface area contributed by atoms with Gasteiger partial charge in [0.1, 0.15) is 0 Å². The summed E-state index contributed by atoms with van der Waals surface area (Å²) in [6.45, 7) is 5.09. The average molecular weight is 274 g/mol. The van der Waals surface area contributed by atoms with E-state index in [9.17, 15) is 0 Å². The molecule has 0 aromatic carbocycles. The Morgan fingerprint density at radius 3 is 2.75 bits per heavy atom. The summed E-state index contributed by atoms with van der Waals surface area (Å²) in [7, 11) is 0. The van der Waals surface area contributed by atoms with E-state index >= 15 is 0 Å². The van der Waals surface area contributed by atoms with Crippen LogP contribution in [0, 0.1) is 0 Å². The lowest BCUT2D eigenvalue weighted by molar-refractivity contribution is 0.680. The van der Waals surface area contributed by atoms with Crippen molar-refractivity contribution in [3.63, 3.8) is 0 Å². The van der Waals surface area contributed by atoms with Gasteiger partial charge in [0, 0.05) is 10.9 Å². The zero-order chi connectivity index (χ0) is 11.5. The molecule has 0 saturated heterocycles. The zero-order valence-electron chi connectivity index (χ0n) is 9.05. The topological polar surface area (TPSA) is 29.0 Å². The number of rotatable bonds is 4. The van der Waals surface area contributed by atoms with E-state index in [1.807, 2.05) is 0 Å². The van der Waals surface area contributed by atoms with Crippen LogP contribution in [-0.4, -0.2) is 14.8 Å². The first kappa shape index (κ1) is 11.8. The average Bonchev–Trinajstić information content (AvgIpc) is 2.85. The highest BCUT2D eigenvalue weighted by molar-refractivity contribution is 7.09. The molecule has 0 saturated carbocycles. The van der Waals surface area contributed by atoms with Crippen LogP contribution in [0.4, 0.5) is 5.82 Å². The Bertz CT molecular complexity index is 439. The summed E-state index contributed by atoms with van der Waals surface area (Å²) in [5.41, 5.74) is 0. The molecule has 0 amide bonds. The first-order valence-electron chi connectivity index (χ1n) is 4.95. The van der Waals surface area contributed by atoms with Crippen LogP contribution in [0.25, 0.3) is 0 Å². The Morgan fingerprint density at radius 1 is 1.44 bits per heavy atom. The highest BCUT2D eigenvalue weighted by Gasteiger charge is 2.18. The van der Waals surface area contributed by atoms with Crippen molar-refractivity contribution in [2.75, 3.05) is 4.90 Å². The van der Waals surface area contributed by atoms with Gasteiger partial charge in [-0.05, 0) is 25.3 Å². The number of hydrogen-bond donors (Lipinski definition) is 0. The van der Waals surface area contributed by atoms with Crippen LogP contribution in [0.3, 0.4) is 0 Å². The van der Waals surface area contributed by atoms with Crippen molar-refractivity contribution in [2.45, 2.75) is 26.4 Å². The molecule has 0 unspecified atom stereocenters. The molecule has 2 rings (SSSR count). The first-order chi connectivity index (χ1) is 7.68. The highest BCUT2D eigenvalue weighted by Crippen LogP contribution is 2.27. The van der Waals surface area contributed by atoms with E-state index < -0.39 is 0 Å². The van der Waals surface area contributed by atoms with Gasteiger partial charge in [-0.2, -0.15) is 8.75 Å². The van der Waals surface area contributed by atoms with Gasteiger partial charge >= 0.3 is 0 Å². The summed E-state index contributed by atoms with van der Waals surface area (Å²) in [5.74, 6) is 0.787. The Balaban J connectivity index is 2.21. The molecule has 0 atom stereocenters. The summed E-state index contributed by atoms with van der Waals surface area (Å²) < 4.78 is 8.25. The fourth-order valence-corrected chi connectivity index (χ4v) is 2.88. The molecule has 2 aromatic rings. The normalized spacial score (nSPS) is 11.0. The molecule has 0 spiro atoms. The number of thiophene rings is 1. The van der Waals surface area contributed by atoms with E-state index in [4.69, 9.17) is 11.6 Å². The van der Waals surface area contributed by atoms with Crippen molar-refractivity contribution in [2.24, 2.45) is 0 Å². The van der Waals surface area contributed by atoms with Gasteiger partial charge in [-0.3, -0.25) is 0 Å². The first-order valence-corrected chi connectivity index (χ1v) is 6.94. The van der Waals surface area contributed by atoms with Gasteiger partial charge in [-0.25, -0.2) is 0 Å². The van der Waals surface area contributed by atoms with Crippen molar-refractivity contribution in [1.29, 1.82) is 0 Å². The van der Waals surface area contributed by atoms with Gasteiger partial charge in [-0.1, -0.05) is 17.7 Å². The number of halogens is 1. The summed E-state index contributed by atoms with van der Waals surface area (Å²) in [6.07, 6.45) is 0. The molecule has 0 bridgehead atoms. The summed E-state index contributed by atoms with van der Waals surface area (Å²) >= 11 is 8.91. The van der Waals surface area contributed by atoms with Crippen LogP contribution in [0.5, 0.6) is 0 Å². The minimum atomic E-state index is 0.350. The van der Waals surface area contributed by atoms with Crippen molar-refractivity contribution < 1.29 is 0 Å². The van der Waals surface area contributed by atoms with Crippen molar-refractivity contribution >= 4 is 40.5 Å². The van der Waals surface area contributed by atoms with Crippen molar-refractivity contribution in [3.8, 4) is 0 Å². The summed E-state index contributed by atoms with van der Waals surface area (Å²) in [4.78, 5) is 3.47. The lowest BCUT2D eigenvalue weighted by atomic mass is 10.3. The fourth-order valence-electron chi connectivity index (χ4n) is 1.42. The fraction of sp³-hybridized carbons (Fsp3) is 0.400. The summed E-state index contributed by atoms with van der Waals surface area (Å²) in [6, 6.07) is 4.52. The van der Waals surface area contributed by atoms with Gasteiger partial charge < -0.3 is 4.90 Å². The van der Waals surface area contributed by atoms with Gasteiger partial charge in [0.05, 0.1) is 18.3 Å². The Morgan fingerprint density at radius 2 is 2.25 bits per heavy atom. The lowest BCUT2D eigenvalue weighted by Crippen LogP contribution is -2.30. The van der Waals surface area contributed by atoms with E-state index in [-0.39, 0.29) is 0 Å². The SMILES string of the molecule is CC(C)N(Cc1cccs1)c1nsnc1Cl. The predicted octanol–water partition coefficient (Wildman–Crippen LogP) is 3.67. The van der Waals surface area contributed by atoms with Crippen molar-refractivity contribution in [3.05, 3.63) is 27.5 Å². The van der Waals surface area contributed by atoms with Gasteiger partial charge in [0.15, 0.2) is 11.0 Å². The second kappa shape index (κ2) is 5.12. The zero-order valence-corrected chi connectivity index (χ0v) is 11.4. The number of nitrogens with zero attached hydrogens (tertiary/aromatic N) is 3. The maximum absolute atomic E-state index is 6.02. The van der Waals surface area contributed by atoms with Crippen LogP contribution < -0.4 is 4.90 Å². The lowest BCUT2D eigenvalue weighted by Gasteiger charge is -2.25. The molecule has 86 valence electrons. The van der Waals surface area contributed by atoms with Gasteiger partial charge in [0.2, 0.25) is 0 Å². The molecule has 3 nitrogen and oxygen atoms in total. The van der Waals surface area contributed by atoms with E-state index in [0.29, 0.717) is 11.2 Å². The Labute approximate surface area is 108 Å². The van der Waals surface area contributed by atoms with Crippen LogP contribution in [0.15, 0.2) is 17.5 Å². The second-order valence-corrected chi connectivity index (χ2v) is 5.60. The molecule has 0 aliphatic carbocycles. The van der Waals surface area contributed by atoms with Crippen molar-refractivity contribution in [1.82, 2.24) is 8.75 Å². The molecule has 6 heteroatoms. The molecule has 2 heterocycles. The molecule has 0 aliphatic rings. The molecule has 0 aliphatic heterocycles.